The maximum absolute atomic E-state index is 13.2. The first kappa shape index (κ1) is 17.9. The number of likely N-dealkylation sites (tertiary alicyclic amines) is 1. The molecule has 0 N–H and O–H groups in total. The quantitative estimate of drug-likeness (QED) is 0.670. The van der Waals surface area contributed by atoms with Crippen molar-refractivity contribution in [1.82, 2.24) is 24.3 Å². The molecule has 2 aliphatic heterocycles. The summed E-state index contributed by atoms with van der Waals surface area (Å²) in [6, 6.07) is 14.0. The molecular weight excluding hydrogens is 366 g/mol. The number of hydrogen-bond donors (Lipinski definition) is 0. The van der Waals surface area contributed by atoms with Crippen molar-refractivity contribution in [2.75, 3.05) is 20.2 Å². The van der Waals surface area contributed by atoms with Crippen molar-refractivity contribution in [3.05, 3.63) is 78.0 Å². The molecule has 3 aromatic rings. The maximum Gasteiger partial charge on any atom is 0.271 e. The Morgan fingerprint density at radius 1 is 1.00 bits per heavy atom. The highest BCUT2D eigenvalue weighted by Gasteiger charge is 2.45. The summed E-state index contributed by atoms with van der Waals surface area (Å²) >= 11 is 0. The molecule has 3 aromatic heterocycles. The Morgan fingerprint density at radius 3 is 2.69 bits per heavy atom. The molecule has 148 valence electrons. The van der Waals surface area contributed by atoms with Gasteiger partial charge in [0, 0.05) is 43.8 Å². The summed E-state index contributed by atoms with van der Waals surface area (Å²) in [5.74, 6) is 0.730. The van der Waals surface area contributed by atoms with E-state index in [1.807, 2.05) is 53.6 Å². The number of amides is 1. The predicted molar refractivity (Wildman–Crippen MR) is 107 cm³/mol. The number of rotatable bonds is 5. The van der Waals surface area contributed by atoms with Gasteiger partial charge in [-0.3, -0.25) is 14.7 Å². The second-order valence-corrected chi connectivity index (χ2v) is 7.56. The Bertz CT molecular complexity index is 1020. The van der Waals surface area contributed by atoms with Gasteiger partial charge in [-0.05, 0) is 30.3 Å². The normalized spacial score (nSPS) is 21.1. The molecule has 0 aromatic carbocycles. The van der Waals surface area contributed by atoms with E-state index < -0.39 is 0 Å². The summed E-state index contributed by atoms with van der Waals surface area (Å²) in [4.78, 5) is 26.3. The summed E-state index contributed by atoms with van der Waals surface area (Å²) in [5, 5.41) is 0. The number of nitrogens with zero attached hydrogens (tertiary/aromatic N) is 5. The fraction of sp³-hybridized carbons (Fsp3) is 0.318. The number of methoxy groups -OCH3 is 1. The second kappa shape index (κ2) is 7.33. The fourth-order valence-corrected chi connectivity index (χ4v) is 4.54. The third-order valence-corrected chi connectivity index (χ3v) is 5.85. The van der Waals surface area contributed by atoms with Crippen LogP contribution in [0.1, 0.15) is 27.8 Å². The van der Waals surface area contributed by atoms with Gasteiger partial charge in [-0.15, -0.1) is 0 Å². The smallest absolute Gasteiger partial charge is 0.271 e. The van der Waals surface area contributed by atoms with Crippen molar-refractivity contribution in [2.24, 2.45) is 0 Å². The minimum Gasteiger partial charge on any atom is -0.481 e. The highest BCUT2D eigenvalue weighted by molar-refractivity contribution is 5.94. The molecule has 0 aliphatic carbocycles. The first-order valence-corrected chi connectivity index (χ1v) is 9.82. The van der Waals surface area contributed by atoms with E-state index >= 15 is 0 Å². The van der Waals surface area contributed by atoms with Crippen molar-refractivity contribution < 1.29 is 9.53 Å². The summed E-state index contributed by atoms with van der Waals surface area (Å²) in [6.45, 7) is 2.94. The SMILES string of the molecule is COc1ncccc1CN1C[C@H]2[C@H](C1)n1cccc1C(=O)N2Cc1ccccn1. The van der Waals surface area contributed by atoms with Crippen molar-refractivity contribution in [1.29, 1.82) is 0 Å². The lowest BCUT2D eigenvalue weighted by Crippen LogP contribution is -2.49. The van der Waals surface area contributed by atoms with Crippen LogP contribution >= 0.6 is 0 Å². The van der Waals surface area contributed by atoms with Gasteiger partial charge >= 0.3 is 0 Å². The van der Waals surface area contributed by atoms with Crippen LogP contribution in [0.2, 0.25) is 0 Å². The Balaban J connectivity index is 1.43. The minimum absolute atomic E-state index is 0.0720. The zero-order valence-electron chi connectivity index (χ0n) is 16.3. The highest BCUT2D eigenvalue weighted by Crippen LogP contribution is 2.35. The van der Waals surface area contributed by atoms with Crippen LogP contribution in [-0.4, -0.2) is 56.5 Å². The maximum atomic E-state index is 13.2. The van der Waals surface area contributed by atoms with E-state index in [9.17, 15) is 4.79 Å². The third kappa shape index (κ3) is 3.17. The molecular formula is C22H23N5O2. The first-order valence-electron chi connectivity index (χ1n) is 9.82. The Morgan fingerprint density at radius 2 is 1.86 bits per heavy atom. The van der Waals surface area contributed by atoms with E-state index in [1.165, 1.54) is 0 Å². The topological polar surface area (TPSA) is 63.5 Å². The van der Waals surface area contributed by atoms with E-state index in [4.69, 9.17) is 4.74 Å². The standard InChI is InChI=1S/C22H23N5O2/c1-29-21-16(6-4-10-24-21)12-25-14-19-20(15-25)27(13-17-7-2-3-9-23-17)22(28)18-8-5-11-26(18)19/h2-11,19-20H,12-15H2,1H3/t19-,20-/m0/s1. The molecule has 0 unspecified atom stereocenters. The zero-order chi connectivity index (χ0) is 19.8. The first-order chi connectivity index (χ1) is 14.2. The van der Waals surface area contributed by atoms with Crippen LogP contribution in [0.15, 0.2) is 61.1 Å². The van der Waals surface area contributed by atoms with E-state index in [2.05, 4.69) is 19.4 Å². The molecule has 5 rings (SSSR count). The van der Waals surface area contributed by atoms with E-state index in [1.54, 1.807) is 19.5 Å². The van der Waals surface area contributed by atoms with Crippen LogP contribution in [0, 0.1) is 0 Å². The molecule has 0 spiro atoms. The number of carbonyl (C=O) groups is 1. The molecule has 2 atom stereocenters. The van der Waals surface area contributed by atoms with Crippen molar-refractivity contribution >= 4 is 5.91 Å². The third-order valence-electron chi connectivity index (χ3n) is 5.85. The van der Waals surface area contributed by atoms with Crippen LogP contribution in [0.3, 0.4) is 0 Å². The highest BCUT2D eigenvalue weighted by atomic mass is 16.5. The average Bonchev–Trinajstić information content (AvgIpc) is 3.39. The van der Waals surface area contributed by atoms with E-state index in [-0.39, 0.29) is 18.0 Å². The Hall–Kier alpha value is -3.19. The zero-order valence-corrected chi connectivity index (χ0v) is 16.3. The summed E-state index contributed by atoms with van der Waals surface area (Å²) in [7, 11) is 1.65. The predicted octanol–water partition coefficient (Wildman–Crippen LogP) is 2.37. The minimum atomic E-state index is 0.0720. The lowest BCUT2D eigenvalue weighted by molar-refractivity contribution is 0.0553. The number of hydrogen-bond acceptors (Lipinski definition) is 5. The number of ether oxygens (including phenoxy) is 1. The van der Waals surface area contributed by atoms with Gasteiger partial charge in [0.2, 0.25) is 5.88 Å². The van der Waals surface area contributed by atoms with Gasteiger partial charge < -0.3 is 14.2 Å². The molecule has 1 amide bonds. The number of pyridine rings is 2. The number of carbonyl (C=O) groups excluding carboxylic acids is 1. The molecule has 2 aliphatic rings. The average molecular weight is 389 g/mol. The van der Waals surface area contributed by atoms with Gasteiger partial charge in [0.15, 0.2) is 0 Å². The Labute approximate surface area is 169 Å². The molecule has 7 heteroatoms. The lowest BCUT2D eigenvalue weighted by Gasteiger charge is -2.38. The van der Waals surface area contributed by atoms with Gasteiger partial charge in [-0.2, -0.15) is 0 Å². The van der Waals surface area contributed by atoms with E-state index in [0.717, 1.165) is 36.6 Å². The van der Waals surface area contributed by atoms with Gasteiger partial charge in [0.1, 0.15) is 5.69 Å². The molecule has 1 saturated heterocycles. The monoisotopic (exact) mass is 389 g/mol. The van der Waals surface area contributed by atoms with Gasteiger partial charge in [0.05, 0.1) is 31.4 Å². The fourth-order valence-electron chi connectivity index (χ4n) is 4.54. The van der Waals surface area contributed by atoms with Crippen molar-refractivity contribution in [2.45, 2.75) is 25.2 Å². The van der Waals surface area contributed by atoms with Gasteiger partial charge in [-0.25, -0.2) is 4.98 Å². The molecule has 0 bridgehead atoms. The summed E-state index contributed by atoms with van der Waals surface area (Å²) in [6.07, 6.45) is 5.54. The van der Waals surface area contributed by atoms with Crippen LogP contribution < -0.4 is 4.74 Å². The Kier molecular flexibility index (Phi) is 4.52. The van der Waals surface area contributed by atoms with Crippen LogP contribution in [0.4, 0.5) is 0 Å². The van der Waals surface area contributed by atoms with Crippen LogP contribution in [0.25, 0.3) is 0 Å². The van der Waals surface area contributed by atoms with Gasteiger partial charge in [-0.1, -0.05) is 12.1 Å². The molecule has 7 nitrogen and oxygen atoms in total. The molecule has 1 fully saturated rings. The van der Waals surface area contributed by atoms with Crippen molar-refractivity contribution in [3.63, 3.8) is 0 Å². The second-order valence-electron chi connectivity index (χ2n) is 7.56. The lowest BCUT2D eigenvalue weighted by atomic mass is 10.1. The van der Waals surface area contributed by atoms with Gasteiger partial charge in [0.25, 0.3) is 5.91 Å². The molecule has 29 heavy (non-hydrogen) atoms. The van der Waals surface area contributed by atoms with Crippen LogP contribution in [0.5, 0.6) is 5.88 Å². The summed E-state index contributed by atoms with van der Waals surface area (Å²) < 4.78 is 7.56. The summed E-state index contributed by atoms with van der Waals surface area (Å²) in [5.41, 5.74) is 2.72. The van der Waals surface area contributed by atoms with E-state index in [0.29, 0.717) is 12.4 Å². The molecule has 0 radical (unpaired) electrons. The largest absolute Gasteiger partial charge is 0.481 e. The van der Waals surface area contributed by atoms with Crippen molar-refractivity contribution in [3.8, 4) is 5.88 Å². The van der Waals surface area contributed by atoms with Crippen LogP contribution in [-0.2, 0) is 13.1 Å². The molecule has 0 saturated carbocycles. The molecule has 5 heterocycles. The number of fused-ring (bicyclic) bond motifs is 3. The number of aromatic nitrogens is 3.